The van der Waals surface area contributed by atoms with Crippen LogP contribution in [0.2, 0.25) is 0 Å². The van der Waals surface area contributed by atoms with Crippen molar-refractivity contribution in [3.05, 3.63) is 267 Å². The summed E-state index contributed by atoms with van der Waals surface area (Å²) in [5.41, 5.74) is 17.5. The number of hydrogen-bond donors (Lipinski definition) is 0. The van der Waals surface area contributed by atoms with E-state index >= 15 is 0 Å². The van der Waals surface area contributed by atoms with Crippen molar-refractivity contribution in [3.8, 4) is 39.1 Å². The van der Waals surface area contributed by atoms with Crippen LogP contribution in [-0.2, 0) is 0 Å². The van der Waals surface area contributed by atoms with E-state index in [1.54, 1.807) is 6.08 Å². The zero-order chi connectivity index (χ0) is 46.3. The molecular formula is C66H46N2O. The van der Waals surface area contributed by atoms with Crippen LogP contribution in [0.5, 0.6) is 0 Å². The summed E-state index contributed by atoms with van der Waals surface area (Å²) in [6.07, 6.45) is 11.7. The van der Waals surface area contributed by atoms with Gasteiger partial charge in [-0.2, -0.15) is 0 Å². The Morgan fingerprint density at radius 2 is 0.986 bits per heavy atom. The molecule has 0 bridgehead atoms. The highest BCUT2D eigenvalue weighted by Crippen LogP contribution is 2.44. The third-order valence-corrected chi connectivity index (χ3v) is 13.3. The molecule has 0 fully saturated rings. The Kier molecular flexibility index (Phi) is 10.5. The van der Waals surface area contributed by atoms with Crippen molar-refractivity contribution in [2.24, 2.45) is 0 Å². The molecule has 2 heterocycles. The van der Waals surface area contributed by atoms with Gasteiger partial charge in [0.1, 0.15) is 11.2 Å². The lowest BCUT2D eigenvalue weighted by atomic mass is 9.97. The molecule has 0 N–H and O–H groups in total. The normalized spacial score (nSPS) is 11.8. The first kappa shape index (κ1) is 41.3. The molecule has 326 valence electrons. The maximum atomic E-state index is 6.57. The second-order valence-electron chi connectivity index (χ2n) is 17.3. The minimum Gasteiger partial charge on any atom is -0.455 e. The maximum Gasteiger partial charge on any atom is 0.143 e. The molecular weight excluding hydrogens is 837 g/mol. The van der Waals surface area contributed by atoms with E-state index < -0.39 is 0 Å². The van der Waals surface area contributed by atoms with Gasteiger partial charge in [-0.25, -0.2) is 0 Å². The lowest BCUT2D eigenvalue weighted by Gasteiger charge is -2.28. The van der Waals surface area contributed by atoms with Gasteiger partial charge in [0, 0.05) is 49.4 Å². The number of furan rings is 1. The van der Waals surface area contributed by atoms with Crippen LogP contribution in [-0.4, -0.2) is 4.57 Å². The molecule has 3 heteroatoms. The van der Waals surface area contributed by atoms with Crippen LogP contribution < -0.4 is 4.90 Å². The van der Waals surface area contributed by atoms with Crippen molar-refractivity contribution >= 4 is 83.7 Å². The minimum absolute atomic E-state index is 0.875. The Balaban J connectivity index is 0.989. The summed E-state index contributed by atoms with van der Waals surface area (Å²) in [5, 5.41) is 6.98. The summed E-state index contributed by atoms with van der Waals surface area (Å²) in [7, 11) is 0. The Bertz CT molecular complexity index is 3940. The maximum absolute atomic E-state index is 6.57. The Labute approximate surface area is 401 Å². The van der Waals surface area contributed by atoms with Crippen LogP contribution in [0.4, 0.5) is 17.1 Å². The molecule has 0 spiro atoms. The van der Waals surface area contributed by atoms with Crippen molar-refractivity contribution in [2.75, 3.05) is 4.90 Å². The monoisotopic (exact) mass is 882 g/mol. The van der Waals surface area contributed by atoms with Gasteiger partial charge in [0.05, 0.1) is 22.4 Å². The van der Waals surface area contributed by atoms with E-state index in [1.165, 1.54) is 27.2 Å². The number of allylic oxidation sites excluding steroid dienone is 4. The molecule has 12 aromatic rings. The number of anilines is 3. The summed E-state index contributed by atoms with van der Waals surface area (Å²) in [6.45, 7) is 7.78. The fourth-order valence-corrected chi connectivity index (χ4v) is 10.1. The van der Waals surface area contributed by atoms with E-state index in [9.17, 15) is 0 Å². The van der Waals surface area contributed by atoms with Crippen LogP contribution in [0.1, 0.15) is 11.1 Å². The van der Waals surface area contributed by atoms with Crippen molar-refractivity contribution < 1.29 is 4.42 Å². The molecule has 0 atom stereocenters. The molecule has 2 aromatic heterocycles. The van der Waals surface area contributed by atoms with Gasteiger partial charge in [-0.15, -0.1) is 0 Å². The summed E-state index contributed by atoms with van der Waals surface area (Å²) >= 11 is 0. The van der Waals surface area contributed by atoms with Gasteiger partial charge in [0.25, 0.3) is 0 Å². The summed E-state index contributed by atoms with van der Waals surface area (Å²) in [6, 6.07) is 78.8. The van der Waals surface area contributed by atoms with Gasteiger partial charge in [-0.05, 0) is 112 Å². The van der Waals surface area contributed by atoms with Gasteiger partial charge in [0.2, 0.25) is 0 Å². The summed E-state index contributed by atoms with van der Waals surface area (Å²) in [4.78, 5) is 2.38. The number of hydrogen-bond acceptors (Lipinski definition) is 2. The molecule has 0 aliphatic carbocycles. The molecule has 10 aromatic carbocycles. The Hall–Kier alpha value is -9.18. The van der Waals surface area contributed by atoms with E-state index in [0.29, 0.717) is 0 Å². The SMILES string of the molecule is C=C/C=C\c1ccc(-c2ccc(N(c3ccc(-c4ccccc4-n4c5ccccc5c5ccccc54)cc3)c3ccccc3-c3ccc4oc5c6ccccc6ccc5c4c3)cc2)cc1/C=C\C=C. The highest BCUT2D eigenvalue weighted by Gasteiger charge is 2.21. The van der Waals surface area contributed by atoms with Crippen LogP contribution in [0.3, 0.4) is 0 Å². The molecule has 3 nitrogen and oxygen atoms in total. The number of fused-ring (bicyclic) bond motifs is 8. The van der Waals surface area contributed by atoms with Crippen LogP contribution in [0, 0.1) is 0 Å². The van der Waals surface area contributed by atoms with E-state index in [1.807, 2.05) is 18.2 Å². The van der Waals surface area contributed by atoms with Crippen LogP contribution >= 0.6 is 0 Å². The predicted octanol–water partition coefficient (Wildman–Crippen LogP) is 18.7. The average Bonchev–Trinajstić information content (AvgIpc) is 3.96. The van der Waals surface area contributed by atoms with Crippen LogP contribution in [0.15, 0.2) is 260 Å². The first-order valence-electron chi connectivity index (χ1n) is 23.4. The largest absolute Gasteiger partial charge is 0.455 e. The van der Waals surface area contributed by atoms with Crippen LogP contribution in [0.25, 0.3) is 106 Å². The minimum atomic E-state index is 0.875. The Morgan fingerprint density at radius 3 is 1.71 bits per heavy atom. The lowest BCUT2D eigenvalue weighted by Crippen LogP contribution is -2.11. The fraction of sp³-hybridized carbons (Fsp3) is 0. The second kappa shape index (κ2) is 17.6. The number of para-hydroxylation sites is 4. The predicted molar refractivity (Wildman–Crippen MR) is 295 cm³/mol. The number of rotatable bonds is 11. The first-order valence-corrected chi connectivity index (χ1v) is 23.4. The summed E-state index contributed by atoms with van der Waals surface area (Å²) < 4.78 is 8.97. The van der Waals surface area contributed by atoms with E-state index in [-0.39, 0.29) is 0 Å². The molecule has 0 saturated heterocycles. The zero-order valence-electron chi connectivity index (χ0n) is 38.0. The average molecular weight is 883 g/mol. The molecule has 0 aliphatic heterocycles. The molecule has 0 saturated carbocycles. The van der Waals surface area contributed by atoms with Gasteiger partial charge in [-0.1, -0.05) is 195 Å². The van der Waals surface area contributed by atoms with E-state index in [0.717, 1.165) is 94.6 Å². The van der Waals surface area contributed by atoms with Gasteiger partial charge < -0.3 is 13.9 Å². The van der Waals surface area contributed by atoms with E-state index in [2.05, 4.69) is 253 Å². The fourth-order valence-electron chi connectivity index (χ4n) is 10.1. The molecule has 69 heavy (non-hydrogen) atoms. The highest BCUT2D eigenvalue weighted by atomic mass is 16.3. The van der Waals surface area contributed by atoms with Crippen molar-refractivity contribution in [3.63, 3.8) is 0 Å². The standard InChI is InChI=1S/C66H46N2O/c1-3-5-17-45-29-30-50(43-49(45)18-6-4-2)46-31-37-52(38-32-46)67(61-25-13-10-21-55(61)51-36-42-65-60(44-51)59-41-35-47-19-7-8-22-56(47)66(59)69-65)53-39-33-48(34-40-53)54-20-9-14-26-62(54)68-63-27-15-11-23-57(63)58-24-12-16-28-64(58)68/h3-44H,1-2H2/b17-5-,18-6-. The molecule has 0 amide bonds. The quantitative estimate of drug-likeness (QED) is 0.121. The van der Waals surface area contributed by atoms with Crippen molar-refractivity contribution in [1.82, 2.24) is 4.57 Å². The summed E-state index contributed by atoms with van der Waals surface area (Å²) in [5.74, 6) is 0. The first-order chi connectivity index (χ1) is 34.1. The third kappa shape index (κ3) is 7.34. The Morgan fingerprint density at radius 1 is 0.406 bits per heavy atom. The smallest absolute Gasteiger partial charge is 0.143 e. The molecule has 0 radical (unpaired) electrons. The van der Waals surface area contributed by atoms with Gasteiger partial charge in [0.15, 0.2) is 0 Å². The zero-order valence-corrected chi connectivity index (χ0v) is 38.0. The molecule has 0 aliphatic rings. The topological polar surface area (TPSA) is 21.3 Å². The van der Waals surface area contributed by atoms with Gasteiger partial charge in [-0.3, -0.25) is 0 Å². The molecule has 0 unspecified atom stereocenters. The molecule has 12 rings (SSSR count). The number of benzene rings is 10. The van der Waals surface area contributed by atoms with E-state index in [4.69, 9.17) is 4.42 Å². The van der Waals surface area contributed by atoms with Crippen molar-refractivity contribution in [2.45, 2.75) is 0 Å². The highest BCUT2D eigenvalue weighted by molar-refractivity contribution is 6.16. The van der Waals surface area contributed by atoms with Gasteiger partial charge >= 0.3 is 0 Å². The van der Waals surface area contributed by atoms with Crippen molar-refractivity contribution in [1.29, 1.82) is 0 Å². The number of aromatic nitrogens is 1. The number of nitrogens with zero attached hydrogens (tertiary/aromatic N) is 2. The second-order valence-corrected chi connectivity index (χ2v) is 17.3. The lowest BCUT2D eigenvalue weighted by molar-refractivity contribution is 0.672. The third-order valence-electron chi connectivity index (χ3n) is 13.3.